The highest BCUT2D eigenvalue weighted by molar-refractivity contribution is 5.81. The molecule has 0 saturated heterocycles. The van der Waals surface area contributed by atoms with Crippen LogP contribution in [0.2, 0.25) is 0 Å². The van der Waals surface area contributed by atoms with Crippen molar-refractivity contribution in [2.75, 3.05) is 26.7 Å². The quantitative estimate of drug-likeness (QED) is 0.730. The Bertz CT molecular complexity index is 499. The molecule has 1 rings (SSSR count). The molecule has 0 aliphatic heterocycles. The zero-order valence-electron chi connectivity index (χ0n) is 14.7. The fraction of sp³-hybridized carbons (Fsp3) is 0.556. The van der Waals surface area contributed by atoms with Gasteiger partial charge in [0.1, 0.15) is 0 Å². The molecule has 0 bridgehead atoms. The molecule has 1 atom stereocenters. The highest BCUT2D eigenvalue weighted by Gasteiger charge is 2.15. The molecule has 0 spiro atoms. The minimum atomic E-state index is -0.0746. The largest absolute Gasteiger partial charge is 0.358 e. The van der Waals surface area contributed by atoms with Gasteiger partial charge in [-0.15, -0.1) is 0 Å². The van der Waals surface area contributed by atoms with Crippen molar-refractivity contribution < 1.29 is 9.59 Å². The Morgan fingerprint density at radius 2 is 1.70 bits per heavy atom. The molecular weight excluding hydrogens is 290 g/mol. The molecule has 0 fully saturated rings. The fourth-order valence-corrected chi connectivity index (χ4v) is 2.43. The van der Waals surface area contributed by atoms with Crippen molar-refractivity contribution in [1.82, 2.24) is 15.5 Å². The number of likely N-dealkylation sites (N-methyl/N-ethyl adjacent to an activating group) is 1. The lowest BCUT2D eigenvalue weighted by Gasteiger charge is -2.22. The van der Waals surface area contributed by atoms with E-state index in [1.165, 1.54) is 5.56 Å². The van der Waals surface area contributed by atoms with Crippen molar-refractivity contribution in [3.05, 3.63) is 35.4 Å². The van der Waals surface area contributed by atoms with Crippen molar-refractivity contribution in [1.29, 1.82) is 0 Å². The van der Waals surface area contributed by atoms with Crippen LogP contribution in [-0.4, -0.2) is 43.4 Å². The van der Waals surface area contributed by atoms with E-state index in [9.17, 15) is 9.59 Å². The monoisotopic (exact) mass is 319 g/mol. The van der Waals surface area contributed by atoms with Gasteiger partial charge in [-0.2, -0.15) is 0 Å². The van der Waals surface area contributed by atoms with Gasteiger partial charge in [0, 0.05) is 7.05 Å². The lowest BCUT2D eigenvalue weighted by atomic mass is 10.1. The van der Waals surface area contributed by atoms with Crippen LogP contribution < -0.4 is 10.6 Å². The summed E-state index contributed by atoms with van der Waals surface area (Å²) in [4.78, 5) is 25.6. The highest BCUT2D eigenvalue weighted by Crippen LogP contribution is 2.13. The minimum Gasteiger partial charge on any atom is -0.358 e. The maximum atomic E-state index is 12.2. The lowest BCUT2D eigenvalue weighted by molar-refractivity contribution is -0.125. The van der Waals surface area contributed by atoms with Gasteiger partial charge in [0.2, 0.25) is 11.8 Å². The molecular formula is C18H29N3O2. The van der Waals surface area contributed by atoms with E-state index in [1.54, 1.807) is 7.05 Å². The van der Waals surface area contributed by atoms with Crippen LogP contribution in [0.1, 0.15) is 44.4 Å². The second-order valence-corrected chi connectivity index (χ2v) is 5.77. The predicted octanol–water partition coefficient (Wildman–Crippen LogP) is 1.88. The number of nitrogens with zero attached hydrogens (tertiary/aromatic N) is 1. The Morgan fingerprint density at radius 1 is 1.09 bits per heavy atom. The van der Waals surface area contributed by atoms with Crippen LogP contribution in [0.5, 0.6) is 0 Å². The molecule has 5 heteroatoms. The molecule has 23 heavy (non-hydrogen) atoms. The summed E-state index contributed by atoms with van der Waals surface area (Å²) in [6.07, 6.45) is 1.91. The van der Waals surface area contributed by atoms with Crippen LogP contribution in [-0.2, 0) is 16.0 Å². The fourth-order valence-electron chi connectivity index (χ4n) is 2.43. The first-order valence-electron chi connectivity index (χ1n) is 8.31. The minimum absolute atomic E-state index is 0.0446. The first kappa shape index (κ1) is 19.2. The first-order chi connectivity index (χ1) is 11.0. The second-order valence-electron chi connectivity index (χ2n) is 5.77. The summed E-state index contributed by atoms with van der Waals surface area (Å²) in [7, 11) is 1.61. The van der Waals surface area contributed by atoms with Gasteiger partial charge in [-0.3, -0.25) is 14.5 Å². The van der Waals surface area contributed by atoms with Gasteiger partial charge in [-0.1, -0.05) is 38.1 Å². The number of hydrogen-bond donors (Lipinski definition) is 2. The molecule has 2 N–H and O–H groups in total. The average Bonchev–Trinajstić information content (AvgIpc) is 2.54. The summed E-state index contributed by atoms with van der Waals surface area (Å²) < 4.78 is 0. The zero-order valence-corrected chi connectivity index (χ0v) is 14.7. The van der Waals surface area contributed by atoms with Gasteiger partial charge in [-0.25, -0.2) is 0 Å². The second kappa shape index (κ2) is 10.0. The third kappa shape index (κ3) is 6.82. The molecule has 0 aliphatic rings. The van der Waals surface area contributed by atoms with Crippen LogP contribution in [0.4, 0.5) is 0 Å². The third-order valence-corrected chi connectivity index (χ3v) is 3.82. The number of hydrogen-bond acceptors (Lipinski definition) is 3. The topological polar surface area (TPSA) is 61.4 Å². The Labute approximate surface area is 139 Å². The summed E-state index contributed by atoms with van der Waals surface area (Å²) in [6, 6.07) is 8.24. The molecule has 1 unspecified atom stereocenters. The highest BCUT2D eigenvalue weighted by atomic mass is 16.2. The van der Waals surface area contributed by atoms with Crippen LogP contribution in [0, 0.1) is 0 Å². The van der Waals surface area contributed by atoms with E-state index in [0.717, 1.165) is 24.9 Å². The summed E-state index contributed by atoms with van der Waals surface area (Å²) >= 11 is 0. The van der Waals surface area contributed by atoms with E-state index in [0.29, 0.717) is 0 Å². The van der Waals surface area contributed by atoms with Crippen molar-refractivity contribution in [2.45, 2.75) is 39.7 Å². The van der Waals surface area contributed by atoms with E-state index < -0.39 is 0 Å². The number of carbonyl (C=O) groups excluding carboxylic acids is 2. The molecule has 1 aromatic rings. The van der Waals surface area contributed by atoms with Gasteiger partial charge in [0.25, 0.3) is 0 Å². The Kier molecular flexibility index (Phi) is 8.33. The maximum Gasteiger partial charge on any atom is 0.234 e. The van der Waals surface area contributed by atoms with E-state index in [2.05, 4.69) is 41.8 Å². The molecule has 128 valence electrons. The Balaban J connectivity index is 2.56. The normalized spacial score (nSPS) is 12.0. The summed E-state index contributed by atoms with van der Waals surface area (Å²) in [5.74, 6) is -0.135. The van der Waals surface area contributed by atoms with Gasteiger partial charge in [0.15, 0.2) is 0 Å². The smallest absolute Gasteiger partial charge is 0.234 e. The number of nitrogens with one attached hydrogen (secondary N) is 2. The van der Waals surface area contributed by atoms with E-state index in [-0.39, 0.29) is 30.9 Å². The molecule has 1 aromatic carbocycles. The predicted molar refractivity (Wildman–Crippen MR) is 93.2 cm³/mol. The van der Waals surface area contributed by atoms with Crippen LogP contribution >= 0.6 is 0 Å². The van der Waals surface area contributed by atoms with Crippen molar-refractivity contribution in [3.63, 3.8) is 0 Å². The number of rotatable bonds is 9. The first-order valence-corrected chi connectivity index (χ1v) is 8.31. The standard InChI is InChI=1S/C18H29N3O2/c1-5-11-21(12-17(22)19-4)13-18(23)20-14(3)16-9-7-15(6-2)8-10-16/h7-10,14H,5-6,11-13H2,1-4H3,(H,19,22)(H,20,23). The van der Waals surface area contributed by atoms with E-state index >= 15 is 0 Å². The Hall–Kier alpha value is -1.88. The SMILES string of the molecule is CCCN(CC(=O)NC)CC(=O)NC(C)c1ccc(CC)cc1. The van der Waals surface area contributed by atoms with Gasteiger partial charge in [-0.05, 0) is 37.4 Å². The average molecular weight is 319 g/mol. The maximum absolute atomic E-state index is 12.2. The zero-order chi connectivity index (χ0) is 17.2. The molecule has 0 aromatic heterocycles. The third-order valence-electron chi connectivity index (χ3n) is 3.82. The van der Waals surface area contributed by atoms with Gasteiger partial charge >= 0.3 is 0 Å². The number of carbonyl (C=O) groups is 2. The van der Waals surface area contributed by atoms with Crippen molar-refractivity contribution in [2.24, 2.45) is 0 Å². The van der Waals surface area contributed by atoms with Crippen molar-refractivity contribution in [3.8, 4) is 0 Å². The molecule has 5 nitrogen and oxygen atoms in total. The summed E-state index contributed by atoms with van der Waals surface area (Å²) in [5, 5.41) is 5.59. The number of amides is 2. The summed E-state index contributed by atoms with van der Waals surface area (Å²) in [5.41, 5.74) is 2.37. The molecule has 0 saturated carbocycles. The van der Waals surface area contributed by atoms with Gasteiger partial charge in [0.05, 0.1) is 19.1 Å². The Morgan fingerprint density at radius 3 is 2.22 bits per heavy atom. The number of benzene rings is 1. The molecule has 0 aliphatic carbocycles. The van der Waals surface area contributed by atoms with Crippen LogP contribution in [0.25, 0.3) is 0 Å². The number of aryl methyl sites for hydroxylation is 1. The molecule has 0 heterocycles. The molecule has 2 amide bonds. The summed E-state index contributed by atoms with van der Waals surface area (Å²) in [6.45, 7) is 7.33. The van der Waals surface area contributed by atoms with Crippen LogP contribution in [0.3, 0.4) is 0 Å². The molecule has 0 radical (unpaired) electrons. The van der Waals surface area contributed by atoms with Crippen LogP contribution in [0.15, 0.2) is 24.3 Å². The van der Waals surface area contributed by atoms with Gasteiger partial charge < -0.3 is 10.6 Å². The van der Waals surface area contributed by atoms with E-state index in [1.807, 2.05) is 18.7 Å². The van der Waals surface area contributed by atoms with Crippen molar-refractivity contribution >= 4 is 11.8 Å². The lowest BCUT2D eigenvalue weighted by Crippen LogP contribution is -2.43. The van der Waals surface area contributed by atoms with E-state index in [4.69, 9.17) is 0 Å².